The minimum Gasteiger partial charge on any atom is -0.507 e. The number of aromatic hydroxyl groups is 1. The van der Waals surface area contributed by atoms with Gasteiger partial charge in [-0.25, -0.2) is 19.7 Å². The van der Waals surface area contributed by atoms with E-state index in [-0.39, 0.29) is 51.6 Å². The Morgan fingerprint density at radius 2 is 1.89 bits per heavy atom. The molecule has 0 amide bonds. The maximum absolute atomic E-state index is 12.7. The summed E-state index contributed by atoms with van der Waals surface area (Å²) >= 11 is 3.22. The molecular formula is C23H28BrN5O13P2. The van der Waals surface area contributed by atoms with Gasteiger partial charge in [-0.2, -0.15) is 0 Å². The number of anilines is 1. The van der Waals surface area contributed by atoms with E-state index in [0.717, 1.165) is 0 Å². The van der Waals surface area contributed by atoms with Crippen molar-refractivity contribution in [2.45, 2.75) is 44.5 Å². The second-order valence-corrected chi connectivity index (χ2v) is 14.8. The molecule has 2 unspecified atom stereocenters. The van der Waals surface area contributed by atoms with Crippen LogP contribution in [-0.2, 0) is 40.7 Å². The molecule has 4 heterocycles. The number of imidazole rings is 1. The number of carbonyl (C=O) groups is 1. The SMILES string of the molecule is COc1c(C)c2c(c(O)c1CCOP(=O)(O)CP(=O)(O)OC[C@H]1O[C@@H](n3c(Br)nc4c(N)ncnc43)[C@H](O)[C@@H]1O)C(=O)OC2. The fourth-order valence-corrected chi connectivity index (χ4v) is 8.83. The minimum absolute atomic E-state index is 0.0339. The quantitative estimate of drug-likeness (QED) is 0.0918. The molecule has 3 aromatic rings. The number of carbonyl (C=O) groups excluding carboxylic acids is 1. The molecule has 1 saturated heterocycles. The number of ether oxygens (including phenoxy) is 3. The van der Waals surface area contributed by atoms with Gasteiger partial charge in [0.2, 0.25) is 0 Å². The average Bonchev–Trinajstić information content (AvgIpc) is 3.59. The number of esters is 1. The van der Waals surface area contributed by atoms with Crippen molar-refractivity contribution in [1.82, 2.24) is 19.5 Å². The number of fused-ring (bicyclic) bond motifs is 2. The number of nitrogens with zero attached hydrogens (tertiary/aromatic N) is 4. The number of phenols is 1. The summed E-state index contributed by atoms with van der Waals surface area (Å²) in [6.45, 7) is 0.361. The number of methoxy groups -OCH3 is 1. The largest absolute Gasteiger partial charge is 0.507 e. The lowest BCUT2D eigenvalue weighted by Crippen LogP contribution is -2.33. The van der Waals surface area contributed by atoms with Gasteiger partial charge in [0.25, 0.3) is 0 Å². The lowest BCUT2D eigenvalue weighted by atomic mass is 9.95. The smallest absolute Gasteiger partial charge is 0.342 e. The van der Waals surface area contributed by atoms with Crippen molar-refractivity contribution >= 4 is 54.1 Å². The van der Waals surface area contributed by atoms with Gasteiger partial charge in [0.15, 0.2) is 33.8 Å². The first-order valence-electron chi connectivity index (χ1n) is 12.8. The van der Waals surface area contributed by atoms with Crippen LogP contribution in [0.1, 0.15) is 33.3 Å². The number of nitrogens with two attached hydrogens (primary N) is 1. The number of hydrogen-bond acceptors (Lipinski definition) is 15. The summed E-state index contributed by atoms with van der Waals surface area (Å²) in [5.41, 5.74) is 7.28. The lowest BCUT2D eigenvalue weighted by molar-refractivity contribution is -0.0494. The van der Waals surface area contributed by atoms with Crippen LogP contribution in [0.25, 0.3) is 11.2 Å². The van der Waals surface area contributed by atoms with Crippen LogP contribution in [0.5, 0.6) is 11.5 Å². The molecule has 18 nitrogen and oxygen atoms in total. The van der Waals surface area contributed by atoms with E-state index >= 15 is 0 Å². The van der Waals surface area contributed by atoms with Crippen molar-refractivity contribution in [3.63, 3.8) is 0 Å². The van der Waals surface area contributed by atoms with Crippen LogP contribution in [0.15, 0.2) is 11.1 Å². The standard InChI is InChI=1S/C23H28BrN5O13P2/c1-9-11-5-39-22(33)13(11)15(30)10(18(9)38-2)3-4-40-43(34,35)8-44(36,37)41-6-12-16(31)17(32)21(42-12)29-20-14(28-23(29)24)19(25)26-7-27-20/h7,12,16-17,21,30-32H,3-6,8H2,1-2H3,(H,34,35)(H,36,37)(H2,25,26,27)/t12-,16-,17-,21-/m1/s1. The second-order valence-electron chi connectivity index (χ2n) is 9.94. The maximum Gasteiger partial charge on any atom is 0.342 e. The molecule has 0 aliphatic carbocycles. The molecule has 1 fully saturated rings. The lowest BCUT2D eigenvalue weighted by Gasteiger charge is -2.20. The predicted molar refractivity (Wildman–Crippen MR) is 152 cm³/mol. The summed E-state index contributed by atoms with van der Waals surface area (Å²) in [5.74, 6) is -2.17. The number of nitrogen functional groups attached to an aromatic ring is 1. The van der Waals surface area contributed by atoms with Crippen LogP contribution in [0.2, 0.25) is 0 Å². The monoisotopic (exact) mass is 723 g/mol. The first-order chi connectivity index (χ1) is 20.7. The third-order valence-electron chi connectivity index (χ3n) is 7.14. The number of benzene rings is 1. The molecule has 0 spiro atoms. The Kier molecular flexibility index (Phi) is 9.10. The van der Waals surface area contributed by atoms with E-state index < -0.39 is 70.6 Å². The van der Waals surface area contributed by atoms with E-state index in [1.807, 2.05) is 0 Å². The van der Waals surface area contributed by atoms with E-state index in [0.29, 0.717) is 11.1 Å². The molecular weight excluding hydrogens is 696 g/mol. The molecule has 0 saturated carbocycles. The highest BCUT2D eigenvalue weighted by Crippen LogP contribution is 2.58. The molecule has 1 aromatic carbocycles. The fourth-order valence-electron chi connectivity index (χ4n) is 5.06. The van der Waals surface area contributed by atoms with E-state index in [1.165, 1.54) is 18.0 Å². The van der Waals surface area contributed by atoms with Gasteiger partial charge in [-0.1, -0.05) is 0 Å². The molecule has 0 radical (unpaired) electrons. The van der Waals surface area contributed by atoms with Crippen LogP contribution in [0, 0.1) is 6.92 Å². The molecule has 0 bridgehead atoms. The third-order valence-corrected chi connectivity index (χ3v) is 11.7. The number of aliphatic hydroxyl groups excluding tert-OH is 2. The van der Waals surface area contributed by atoms with Crippen molar-refractivity contribution in [2.75, 3.05) is 32.0 Å². The van der Waals surface area contributed by atoms with Crippen LogP contribution in [0.3, 0.4) is 0 Å². The number of phenolic OH excluding ortho intramolecular Hbond substituents is 1. The van der Waals surface area contributed by atoms with Crippen molar-refractivity contribution in [2.24, 2.45) is 0 Å². The number of aromatic nitrogens is 4. The predicted octanol–water partition coefficient (Wildman–Crippen LogP) is 1.09. The summed E-state index contributed by atoms with van der Waals surface area (Å²) in [7, 11) is -8.24. The molecule has 2 aromatic heterocycles. The van der Waals surface area contributed by atoms with Gasteiger partial charge in [-0.05, 0) is 28.4 Å². The van der Waals surface area contributed by atoms with Gasteiger partial charge >= 0.3 is 21.2 Å². The van der Waals surface area contributed by atoms with Gasteiger partial charge in [-0.3, -0.25) is 13.7 Å². The number of aliphatic hydroxyl groups is 2. The Labute approximate surface area is 256 Å². The summed E-state index contributed by atoms with van der Waals surface area (Å²) in [6.07, 6.45) is -4.80. The highest BCUT2D eigenvalue weighted by atomic mass is 79.9. The Bertz CT molecular complexity index is 1720. The van der Waals surface area contributed by atoms with Crippen molar-refractivity contribution < 1.29 is 62.3 Å². The molecule has 6 atom stereocenters. The van der Waals surface area contributed by atoms with Crippen LogP contribution < -0.4 is 10.5 Å². The topological polar surface area (TPSA) is 268 Å². The van der Waals surface area contributed by atoms with Crippen molar-refractivity contribution in [1.29, 1.82) is 0 Å². The Morgan fingerprint density at radius 1 is 1.18 bits per heavy atom. The highest BCUT2D eigenvalue weighted by molar-refractivity contribution is 9.10. The first-order valence-corrected chi connectivity index (χ1v) is 17.1. The van der Waals surface area contributed by atoms with Gasteiger partial charge in [0, 0.05) is 17.5 Å². The van der Waals surface area contributed by atoms with Gasteiger partial charge in [-0.15, -0.1) is 0 Å². The van der Waals surface area contributed by atoms with Crippen molar-refractivity contribution in [3.8, 4) is 11.5 Å². The van der Waals surface area contributed by atoms with Gasteiger partial charge < -0.3 is 54.1 Å². The maximum atomic E-state index is 12.7. The molecule has 5 rings (SSSR count). The van der Waals surface area contributed by atoms with Crippen LogP contribution in [0.4, 0.5) is 5.82 Å². The zero-order valence-electron chi connectivity index (χ0n) is 23.1. The second kappa shape index (κ2) is 12.2. The number of hydrogen-bond donors (Lipinski definition) is 6. The number of cyclic esters (lactones) is 1. The summed E-state index contributed by atoms with van der Waals surface area (Å²) < 4.78 is 52.8. The number of rotatable bonds is 11. The zero-order chi connectivity index (χ0) is 32.1. The van der Waals surface area contributed by atoms with E-state index in [2.05, 4.69) is 30.9 Å². The molecule has 44 heavy (non-hydrogen) atoms. The molecule has 2 aliphatic heterocycles. The molecule has 7 N–H and O–H groups in total. The Balaban J connectivity index is 1.20. The molecule has 2 aliphatic rings. The highest BCUT2D eigenvalue weighted by Gasteiger charge is 2.46. The first kappa shape index (κ1) is 32.7. The summed E-state index contributed by atoms with van der Waals surface area (Å²) in [6, 6.07) is 0. The third kappa shape index (κ3) is 6.09. The fraction of sp³-hybridized carbons (Fsp3) is 0.478. The Hall–Kier alpha value is -2.70. The summed E-state index contributed by atoms with van der Waals surface area (Å²) in [4.78, 5) is 44.7. The number of halogens is 1. The van der Waals surface area contributed by atoms with E-state index in [1.54, 1.807) is 6.92 Å². The van der Waals surface area contributed by atoms with Gasteiger partial charge in [0.1, 0.15) is 48.3 Å². The average molecular weight is 724 g/mol. The molecule has 240 valence electrons. The van der Waals surface area contributed by atoms with Crippen molar-refractivity contribution in [3.05, 3.63) is 33.3 Å². The van der Waals surface area contributed by atoms with E-state index in [4.69, 9.17) is 29.0 Å². The Morgan fingerprint density at radius 3 is 2.59 bits per heavy atom. The van der Waals surface area contributed by atoms with E-state index in [9.17, 15) is 39.0 Å². The molecule has 21 heteroatoms. The van der Waals surface area contributed by atoms with Gasteiger partial charge in [0.05, 0.1) is 20.3 Å². The van der Waals surface area contributed by atoms with Crippen LogP contribution in [-0.4, -0.2) is 95.1 Å². The minimum atomic E-state index is -4.82. The summed E-state index contributed by atoms with van der Waals surface area (Å²) in [5, 5.41) is 31.8. The van der Waals surface area contributed by atoms with Crippen LogP contribution >= 0.6 is 31.1 Å². The zero-order valence-corrected chi connectivity index (χ0v) is 26.4. The normalized spacial score (nSPS) is 24.2.